The van der Waals surface area contributed by atoms with E-state index in [0.29, 0.717) is 5.56 Å². The Kier molecular flexibility index (Phi) is 4.88. The summed E-state index contributed by atoms with van der Waals surface area (Å²) in [5, 5.41) is 10.4. The van der Waals surface area contributed by atoms with Crippen molar-refractivity contribution in [1.29, 1.82) is 0 Å². The summed E-state index contributed by atoms with van der Waals surface area (Å²) in [4.78, 5) is 0. The third-order valence-corrected chi connectivity index (χ3v) is 3.61. The van der Waals surface area contributed by atoms with Crippen LogP contribution in [0, 0.1) is 17.5 Å². The van der Waals surface area contributed by atoms with E-state index in [-0.39, 0.29) is 17.1 Å². The van der Waals surface area contributed by atoms with E-state index in [4.69, 9.17) is 17.3 Å². The van der Waals surface area contributed by atoms with Crippen LogP contribution in [0.4, 0.5) is 13.2 Å². The Balaban J connectivity index is 2.37. The van der Waals surface area contributed by atoms with Gasteiger partial charge in [0, 0.05) is 17.5 Å². The van der Waals surface area contributed by atoms with E-state index in [9.17, 15) is 18.3 Å². The Labute approximate surface area is 125 Å². The largest absolute Gasteiger partial charge is 0.388 e. The quantitative estimate of drug-likeness (QED) is 0.906. The molecule has 3 N–H and O–H groups in total. The van der Waals surface area contributed by atoms with Crippen LogP contribution in [0.5, 0.6) is 0 Å². The molecule has 0 aliphatic carbocycles. The van der Waals surface area contributed by atoms with Crippen LogP contribution in [0.25, 0.3) is 0 Å². The van der Waals surface area contributed by atoms with Gasteiger partial charge in [-0.15, -0.1) is 0 Å². The van der Waals surface area contributed by atoms with Crippen LogP contribution in [0.15, 0.2) is 36.4 Å². The number of benzene rings is 2. The van der Waals surface area contributed by atoms with Gasteiger partial charge in [0.1, 0.15) is 5.82 Å². The highest BCUT2D eigenvalue weighted by atomic mass is 35.5. The first-order chi connectivity index (χ1) is 9.93. The molecule has 2 unspecified atom stereocenters. The summed E-state index contributed by atoms with van der Waals surface area (Å²) in [6.45, 7) is 0.00547. The molecule has 0 aromatic heterocycles. The van der Waals surface area contributed by atoms with Gasteiger partial charge in [-0.1, -0.05) is 23.7 Å². The lowest BCUT2D eigenvalue weighted by Crippen LogP contribution is -2.20. The molecule has 2 aromatic carbocycles. The van der Waals surface area contributed by atoms with Crippen LogP contribution in [0.2, 0.25) is 5.02 Å². The molecule has 0 saturated heterocycles. The first kappa shape index (κ1) is 15.8. The molecular weight excluding hydrogens is 303 g/mol. The molecule has 0 aliphatic heterocycles. The van der Waals surface area contributed by atoms with Crippen LogP contribution >= 0.6 is 11.6 Å². The minimum absolute atomic E-state index is 0.00547. The lowest BCUT2D eigenvalue weighted by molar-refractivity contribution is 0.147. The maximum Gasteiger partial charge on any atom is 0.159 e. The van der Waals surface area contributed by atoms with Crippen molar-refractivity contribution in [3.8, 4) is 0 Å². The summed E-state index contributed by atoms with van der Waals surface area (Å²) in [6, 6.07) is 6.81. The second kappa shape index (κ2) is 6.47. The maximum atomic E-state index is 13.2. The molecular formula is C15H13ClF3NO. The summed E-state index contributed by atoms with van der Waals surface area (Å²) in [5.41, 5.74) is 6.25. The van der Waals surface area contributed by atoms with Crippen molar-refractivity contribution in [3.05, 3.63) is 70.0 Å². The van der Waals surface area contributed by atoms with Gasteiger partial charge in [0.15, 0.2) is 11.6 Å². The van der Waals surface area contributed by atoms with Crippen molar-refractivity contribution in [2.45, 2.75) is 12.0 Å². The first-order valence-corrected chi connectivity index (χ1v) is 6.60. The number of nitrogens with two attached hydrogens (primary N) is 1. The van der Waals surface area contributed by atoms with Crippen molar-refractivity contribution in [2.75, 3.05) is 6.54 Å². The molecule has 0 spiro atoms. The molecule has 0 heterocycles. The van der Waals surface area contributed by atoms with Crippen molar-refractivity contribution in [3.63, 3.8) is 0 Å². The number of hydrogen-bond acceptors (Lipinski definition) is 2. The molecule has 0 bridgehead atoms. The fourth-order valence-corrected chi connectivity index (χ4v) is 2.46. The lowest BCUT2D eigenvalue weighted by atomic mass is 9.89. The van der Waals surface area contributed by atoms with Crippen LogP contribution in [-0.4, -0.2) is 11.7 Å². The highest BCUT2D eigenvalue weighted by Crippen LogP contribution is 2.34. The van der Waals surface area contributed by atoms with E-state index in [1.807, 2.05) is 0 Å². The molecule has 2 atom stereocenters. The van der Waals surface area contributed by atoms with Crippen molar-refractivity contribution >= 4 is 11.6 Å². The Morgan fingerprint density at radius 2 is 1.76 bits per heavy atom. The zero-order chi connectivity index (χ0) is 15.6. The normalized spacial score (nSPS) is 14.0. The van der Waals surface area contributed by atoms with Gasteiger partial charge in [-0.05, 0) is 35.4 Å². The molecule has 2 rings (SSSR count). The third kappa shape index (κ3) is 3.37. The van der Waals surface area contributed by atoms with E-state index in [0.717, 1.165) is 18.2 Å². The Morgan fingerprint density at radius 3 is 2.33 bits per heavy atom. The summed E-state index contributed by atoms with van der Waals surface area (Å²) < 4.78 is 39.2. The summed E-state index contributed by atoms with van der Waals surface area (Å²) in [6.07, 6.45) is -1.19. The average Bonchev–Trinajstić information content (AvgIpc) is 2.44. The minimum Gasteiger partial charge on any atom is -0.388 e. The molecule has 0 aliphatic rings. The van der Waals surface area contributed by atoms with Gasteiger partial charge in [-0.2, -0.15) is 0 Å². The number of aliphatic hydroxyl groups excluding tert-OH is 1. The zero-order valence-electron chi connectivity index (χ0n) is 10.9. The Bertz CT molecular complexity index is 651. The van der Waals surface area contributed by atoms with Crippen LogP contribution in [0.3, 0.4) is 0 Å². The molecule has 2 aromatic rings. The molecule has 0 radical (unpaired) electrons. The van der Waals surface area contributed by atoms with Gasteiger partial charge in [0.05, 0.1) is 6.10 Å². The molecule has 21 heavy (non-hydrogen) atoms. The highest BCUT2D eigenvalue weighted by Gasteiger charge is 2.24. The number of halogens is 4. The molecule has 112 valence electrons. The van der Waals surface area contributed by atoms with Gasteiger partial charge in [0.25, 0.3) is 0 Å². The minimum atomic E-state index is -1.19. The lowest BCUT2D eigenvalue weighted by Gasteiger charge is -2.23. The molecule has 0 amide bonds. The average molecular weight is 316 g/mol. The van der Waals surface area contributed by atoms with Gasteiger partial charge < -0.3 is 10.8 Å². The standard InChI is InChI=1S/C15H13ClF3NO/c16-12-6-9(17)2-3-10(12)11(7-20)15(21)8-1-4-13(18)14(19)5-8/h1-6,11,15,21H,7,20H2. The van der Waals surface area contributed by atoms with E-state index < -0.39 is 29.5 Å². The van der Waals surface area contributed by atoms with E-state index >= 15 is 0 Å². The zero-order valence-corrected chi connectivity index (χ0v) is 11.6. The van der Waals surface area contributed by atoms with Crippen LogP contribution < -0.4 is 5.73 Å². The number of hydrogen-bond donors (Lipinski definition) is 2. The van der Waals surface area contributed by atoms with Crippen LogP contribution in [0.1, 0.15) is 23.1 Å². The predicted molar refractivity (Wildman–Crippen MR) is 74.5 cm³/mol. The summed E-state index contributed by atoms with van der Waals surface area (Å²) in [7, 11) is 0. The smallest absolute Gasteiger partial charge is 0.159 e. The summed E-state index contributed by atoms with van der Waals surface area (Å²) in [5.74, 6) is -3.24. The third-order valence-electron chi connectivity index (χ3n) is 3.28. The van der Waals surface area contributed by atoms with Crippen molar-refractivity contribution < 1.29 is 18.3 Å². The monoisotopic (exact) mass is 315 g/mol. The van der Waals surface area contributed by atoms with E-state index in [1.165, 1.54) is 18.2 Å². The Hall–Kier alpha value is -1.56. The fourth-order valence-electron chi connectivity index (χ4n) is 2.16. The predicted octanol–water partition coefficient (Wildman–Crippen LogP) is 3.53. The second-order valence-electron chi connectivity index (χ2n) is 4.63. The van der Waals surface area contributed by atoms with E-state index in [2.05, 4.69) is 0 Å². The summed E-state index contributed by atoms with van der Waals surface area (Å²) >= 11 is 5.95. The van der Waals surface area contributed by atoms with Gasteiger partial charge in [0.2, 0.25) is 0 Å². The SMILES string of the molecule is NCC(c1ccc(F)cc1Cl)C(O)c1ccc(F)c(F)c1. The van der Waals surface area contributed by atoms with Gasteiger partial charge in [-0.25, -0.2) is 13.2 Å². The molecule has 2 nitrogen and oxygen atoms in total. The first-order valence-electron chi connectivity index (χ1n) is 6.22. The number of aliphatic hydroxyl groups is 1. The number of rotatable bonds is 4. The van der Waals surface area contributed by atoms with E-state index in [1.54, 1.807) is 0 Å². The van der Waals surface area contributed by atoms with Crippen LogP contribution in [-0.2, 0) is 0 Å². The molecule has 0 saturated carbocycles. The van der Waals surface area contributed by atoms with Crippen molar-refractivity contribution in [2.24, 2.45) is 5.73 Å². The highest BCUT2D eigenvalue weighted by molar-refractivity contribution is 6.31. The second-order valence-corrected chi connectivity index (χ2v) is 5.03. The topological polar surface area (TPSA) is 46.2 Å². The molecule has 0 fully saturated rings. The van der Waals surface area contributed by atoms with Crippen molar-refractivity contribution in [1.82, 2.24) is 0 Å². The molecule has 6 heteroatoms. The Morgan fingerprint density at radius 1 is 1.05 bits per heavy atom. The fraction of sp³-hybridized carbons (Fsp3) is 0.200. The maximum absolute atomic E-state index is 13.2. The van der Waals surface area contributed by atoms with Gasteiger partial charge in [-0.3, -0.25) is 0 Å². The van der Waals surface area contributed by atoms with Gasteiger partial charge >= 0.3 is 0 Å².